The summed E-state index contributed by atoms with van der Waals surface area (Å²) in [6.45, 7) is 4.07. The molecule has 0 fully saturated rings. The van der Waals surface area contributed by atoms with Gasteiger partial charge in [0.05, 0.1) is 27.7 Å². The number of phosphoric ester groups is 1. The van der Waals surface area contributed by atoms with Crippen LogP contribution in [0.15, 0.2) is 36.5 Å². The zero-order valence-corrected chi connectivity index (χ0v) is 36.3. The summed E-state index contributed by atoms with van der Waals surface area (Å²) in [5.41, 5.74) is 0. The normalized spacial score (nSPS) is 14.0. The van der Waals surface area contributed by atoms with Gasteiger partial charge in [0, 0.05) is 12.5 Å². The van der Waals surface area contributed by atoms with Crippen LogP contribution < -0.4 is 4.89 Å². The largest absolute Gasteiger partial charge is 0.756 e. The fourth-order valence-corrected chi connectivity index (χ4v) is 6.51. The Bertz CT molecular complexity index is 1020. The number of carbonyl (C=O) groups is 2. The van der Waals surface area contributed by atoms with Crippen molar-refractivity contribution in [1.29, 1.82) is 0 Å². The molecular formula is C44H82NO8P. The second-order valence-corrected chi connectivity index (χ2v) is 17.2. The van der Waals surface area contributed by atoms with Crippen molar-refractivity contribution in [3.8, 4) is 0 Å². The van der Waals surface area contributed by atoms with Crippen molar-refractivity contribution in [2.75, 3.05) is 47.5 Å². The van der Waals surface area contributed by atoms with Crippen molar-refractivity contribution in [3.05, 3.63) is 36.5 Å². The van der Waals surface area contributed by atoms with Crippen molar-refractivity contribution >= 4 is 19.8 Å². The van der Waals surface area contributed by atoms with Gasteiger partial charge in [0.1, 0.15) is 19.8 Å². The zero-order valence-electron chi connectivity index (χ0n) is 35.4. The Morgan fingerprint density at radius 3 is 1.63 bits per heavy atom. The number of hydrogen-bond acceptors (Lipinski definition) is 8. The predicted octanol–water partition coefficient (Wildman–Crippen LogP) is 11.5. The third-order valence-corrected chi connectivity index (χ3v) is 10.2. The van der Waals surface area contributed by atoms with E-state index >= 15 is 0 Å². The van der Waals surface area contributed by atoms with Crippen molar-refractivity contribution in [2.24, 2.45) is 0 Å². The molecule has 9 nitrogen and oxygen atoms in total. The average Bonchev–Trinajstić information content (AvgIpc) is 3.12. The number of phosphoric acid groups is 1. The van der Waals surface area contributed by atoms with Crippen LogP contribution in [0.2, 0.25) is 0 Å². The third-order valence-electron chi connectivity index (χ3n) is 9.24. The molecule has 0 spiro atoms. The Balaban J connectivity index is 4.46. The summed E-state index contributed by atoms with van der Waals surface area (Å²) in [6, 6.07) is 0. The minimum atomic E-state index is -4.64. The van der Waals surface area contributed by atoms with Crippen molar-refractivity contribution in [3.63, 3.8) is 0 Å². The Morgan fingerprint density at radius 1 is 0.611 bits per heavy atom. The molecule has 0 aromatic heterocycles. The number of unbranched alkanes of at least 4 members (excludes halogenated alkanes) is 22. The van der Waals surface area contributed by atoms with E-state index in [2.05, 4.69) is 26.0 Å². The monoisotopic (exact) mass is 784 g/mol. The van der Waals surface area contributed by atoms with Crippen LogP contribution in [0.1, 0.15) is 181 Å². The van der Waals surface area contributed by atoms with Crippen LogP contribution in [0.5, 0.6) is 0 Å². The van der Waals surface area contributed by atoms with E-state index in [0.29, 0.717) is 17.4 Å². The average molecular weight is 784 g/mol. The Hall–Kier alpha value is -1.77. The first-order valence-corrected chi connectivity index (χ1v) is 23.2. The molecular weight excluding hydrogens is 701 g/mol. The highest BCUT2D eigenvalue weighted by atomic mass is 31.2. The highest BCUT2D eigenvalue weighted by Gasteiger charge is 2.21. The number of hydrogen-bond donors (Lipinski definition) is 0. The van der Waals surface area contributed by atoms with Crippen LogP contribution >= 0.6 is 7.82 Å². The summed E-state index contributed by atoms with van der Waals surface area (Å²) in [5, 5.41) is 0. The Labute approximate surface area is 331 Å². The van der Waals surface area contributed by atoms with Gasteiger partial charge in [0.25, 0.3) is 7.82 Å². The van der Waals surface area contributed by atoms with Gasteiger partial charge in [-0.15, -0.1) is 0 Å². The number of nitrogens with zero attached hydrogens (tertiary/aromatic N) is 1. The molecule has 1 unspecified atom stereocenters. The molecule has 0 aromatic carbocycles. The summed E-state index contributed by atoms with van der Waals surface area (Å²) in [4.78, 5) is 37.4. The highest BCUT2D eigenvalue weighted by molar-refractivity contribution is 7.45. The lowest BCUT2D eigenvalue weighted by Crippen LogP contribution is -2.37. The van der Waals surface area contributed by atoms with E-state index in [-0.39, 0.29) is 19.6 Å². The van der Waals surface area contributed by atoms with Crippen LogP contribution in [0.3, 0.4) is 0 Å². The number of esters is 2. The molecule has 0 heterocycles. The van der Waals surface area contributed by atoms with E-state index in [1.165, 1.54) is 128 Å². The molecule has 2 atom stereocenters. The molecule has 0 saturated heterocycles. The van der Waals surface area contributed by atoms with Crippen LogP contribution in [0, 0.1) is 0 Å². The molecule has 0 radical (unpaired) electrons. The smallest absolute Gasteiger partial charge is 0.330 e. The molecule has 0 rings (SSSR count). The second-order valence-electron chi connectivity index (χ2n) is 15.8. The SMILES string of the molecule is CCCC/C=C/CCCCCCCCCCCC(=O)O[C@H](COC(=O)/C=C/C=C/CCCCCCCCCCCCC)COP(=O)([O-])OCC[N+](C)(C)C. The molecule has 54 heavy (non-hydrogen) atoms. The summed E-state index contributed by atoms with van der Waals surface area (Å²) in [5.74, 6) is -1.09. The minimum Gasteiger partial charge on any atom is -0.756 e. The molecule has 0 aliphatic heterocycles. The van der Waals surface area contributed by atoms with Gasteiger partial charge in [0.15, 0.2) is 6.10 Å². The second kappa shape index (κ2) is 36.8. The van der Waals surface area contributed by atoms with Gasteiger partial charge in [-0.3, -0.25) is 9.36 Å². The summed E-state index contributed by atoms with van der Waals surface area (Å²) >= 11 is 0. The van der Waals surface area contributed by atoms with E-state index in [9.17, 15) is 19.0 Å². The van der Waals surface area contributed by atoms with Crippen LogP contribution in [0.4, 0.5) is 0 Å². The molecule has 0 bridgehead atoms. The van der Waals surface area contributed by atoms with Gasteiger partial charge < -0.3 is 27.9 Å². The fraction of sp³-hybridized carbons (Fsp3) is 0.818. The number of likely N-dealkylation sites (N-methyl/N-ethyl adjacent to an activating group) is 1. The first-order valence-electron chi connectivity index (χ1n) is 21.7. The van der Waals surface area contributed by atoms with Gasteiger partial charge in [-0.25, -0.2) is 4.79 Å². The maximum Gasteiger partial charge on any atom is 0.330 e. The van der Waals surface area contributed by atoms with E-state index in [0.717, 1.165) is 32.1 Å². The molecule has 0 aromatic rings. The van der Waals surface area contributed by atoms with Crippen molar-refractivity contribution < 1.29 is 42.1 Å². The topological polar surface area (TPSA) is 111 Å². The Kier molecular flexibility index (Phi) is 35.6. The molecule has 0 amide bonds. The lowest BCUT2D eigenvalue weighted by molar-refractivity contribution is -0.870. The molecule has 0 saturated carbocycles. The quantitative estimate of drug-likeness (QED) is 0.0115. The van der Waals surface area contributed by atoms with Gasteiger partial charge in [-0.1, -0.05) is 166 Å². The lowest BCUT2D eigenvalue weighted by atomic mass is 10.1. The summed E-state index contributed by atoms with van der Waals surface area (Å²) in [6.07, 6.45) is 40.8. The minimum absolute atomic E-state index is 0.0436. The summed E-state index contributed by atoms with van der Waals surface area (Å²) in [7, 11) is 1.12. The predicted molar refractivity (Wildman–Crippen MR) is 222 cm³/mol. The van der Waals surface area contributed by atoms with Crippen LogP contribution in [0.25, 0.3) is 0 Å². The van der Waals surface area contributed by atoms with E-state index < -0.39 is 32.5 Å². The van der Waals surface area contributed by atoms with Crippen molar-refractivity contribution in [1.82, 2.24) is 0 Å². The maximum absolute atomic E-state index is 12.6. The van der Waals surface area contributed by atoms with E-state index in [1.54, 1.807) is 6.08 Å². The number of quaternary nitrogens is 1. The fourth-order valence-electron chi connectivity index (χ4n) is 5.78. The lowest BCUT2D eigenvalue weighted by Gasteiger charge is -2.28. The molecule has 10 heteroatoms. The van der Waals surface area contributed by atoms with Crippen LogP contribution in [-0.2, 0) is 32.7 Å². The molecule has 316 valence electrons. The molecule has 0 aliphatic rings. The van der Waals surface area contributed by atoms with Gasteiger partial charge >= 0.3 is 11.9 Å². The molecule has 0 N–H and O–H groups in total. The first-order chi connectivity index (χ1) is 26.0. The maximum atomic E-state index is 12.6. The standard InChI is InChI=1S/C44H82NO8P/c1-6-8-10-12-14-16-18-20-22-24-26-28-30-32-34-36-43(46)50-40-42(41-52-54(48,49)51-39-38-45(3,4)5)53-44(47)37-35-33-31-29-27-25-23-21-19-17-15-13-11-9-7-2/h13,15,30,32,34,36,42H,6-12,14,16-29,31,33,35,37-41H2,1-5H3/b15-13+,32-30+,36-34+/t42-/m1/s1. The van der Waals surface area contributed by atoms with Crippen molar-refractivity contribution in [2.45, 2.75) is 187 Å². The number of ether oxygens (including phenoxy) is 2. The third kappa shape index (κ3) is 39.9. The van der Waals surface area contributed by atoms with Gasteiger partial charge in [0.2, 0.25) is 0 Å². The van der Waals surface area contributed by atoms with Gasteiger partial charge in [-0.2, -0.15) is 0 Å². The highest BCUT2D eigenvalue weighted by Crippen LogP contribution is 2.38. The number of rotatable bonds is 39. The first kappa shape index (κ1) is 52.2. The van der Waals surface area contributed by atoms with Crippen LogP contribution in [-0.4, -0.2) is 70.0 Å². The van der Waals surface area contributed by atoms with E-state index in [4.69, 9.17) is 18.5 Å². The zero-order chi connectivity index (χ0) is 40.0. The Morgan fingerprint density at radius 2 is 1.09 bits per heavy atom. The number of carbonyl (C=O) groups excluding carboxylic acids is 2. The summed E-state index contributed by atoms with van der Waals surface area (Å²) < 4.78 is 33.7. The van der Waals surface area contributed by atoms with E-state index in [1.807, 2.05) is 33.3 Å². The number of allylic oxidation sites excluding steroid dienone is 5. The molecule has 0 aliphatic carbocycles. The van der Waals surface area contributed by atoms with Gasteiger partial charge in [-0.05, 0) is 38.5 Å².